The molecule has 0 bridgehead atoms. The van der Waals surface area contributed by atoms with Gasteiger partial charge in [0.05, 0.1) is 0 Å². The highest BCUT2D eigenvalue weighted by Crippen LogP contribution is 2.27. The van der Waals surface area contributed by atoms with Crippen LogP contribution in [-0.2, 0) is 0 Å². The summed E-state index contributed by atoms with van der Waals surface area (Å²) in [5.41, 5.74) is 9.42. The van der Waals surface area contributed by atoms with Gasteiger partial charge in [-0.15, -0.1) is 13.2 Å². The summed E-state index contributed by atoms with van der Waals surface area (Å²) in [4.78, 5) is 14.2. The smallest absolute Gasteiger partial charge is 0.405 e. The minimum absolute atomic E-state index is 0.413. The van der Waals surface area contributed by atoms with E-state index in [2.05, 4.69) is 9.72 Å². The molecule has 1 aromatic heterocycles. The van der Waals surface area contributed by atoms with E-state index >= 15 is 0 Å². The van der Waals surface area contributed by atoms with Crippen LogP contribution in [0.2, 0.25) is 0 Å². The minimum atomic E-state index is -4.92. The average molecular weight is 221 g/mol. The van der Waals surface area contributed by atoms with E-state index in [-0.39, 0.29) is 0 Å². The lowest BCUT2D eigenvalue weighted by Gasteiger charge is -2.11. The van der Waals surface area contributed by atoms with Crippen LogP contribution in [-0.4, -0.2) is 17.3 Å². The first-order valence-electron chi connectivity index (χ1n) is 3.61. The summed E-state index contributed by atoms with van der Waals surface area (Å²) in [6.07, 6.45) is -3.94. The Morgan fingerprint density at radius 3 is 2.53 bits per heavy atom. The van der Waals surface area contributed by atoms with Crippen LogP contribution in [0, 0.1) is 0 Å². The number of anilines is 1. The zero-order valence-corrected chi connectivity index (χ0v) is 7.21. The summed E-state index contributed by atoms with van der Waals surface area (Å²) in [5, 5.41) is 0. The normalized spacial score (nSPS) is 11.1. The summed E-state index contributed by atoms with van der Waals surface area (Å²) in [6, 6.07) is 0.851. The molecule has 82 valence electrons. The number of carbonyl (C=O) groups is 1. The van der Waals surface area contributed by atoms with Crippen molar-refractivity contribution in [1.29, 1.82) is 0 Å². The number of pyridine rings is 1. The van der Waals surface area contributed by atoms with Crippen LogP contribution in [0.15, 0.2) is 12.3 Å². The van der Waals surface area contributed by atoms with Gasteiger partial charge in [-0.1, -0.05) is 0 Å². The number of rotatable bonds is 2. The second-order valence-electron chi connectivity index (χ2n) is 2.48. The number of hydrogen-bond donors (Lipinski definition) is 2. The highest BCUT2D eigenvalue weighted by molar-refractivity contribution is 5.99. The number of amides is 1. The SMILES string of the molecule is NC(=O)c1c(OC(F)(F)F)ccnc1N. The highest BCUT2D eigenvalue weighted by atomic mass is 19.4. The molecule has 8 heteroatoms. The van der Waals surface area contributed by atoms with E-state index in [0.29, 0.717) is 0 Å². The van der Waals surface area contributed by atoms with Crippen LogP contribution in [0.4, 0.5) is 19.0 Å². The third kappa shape index (κ3) is 2.73. The fourth-order valence-corrected chi connectivity index (χ4v) is 0.917. The third-order valence-corrected chi connectivity index (χ3v) is 1.41. The number of hydrogen-bond acceptors (Lipinski definition) is 4. The van der Waals surface area contributed by atoms with Gasteiger partial charge < -0.3 is 16.2 Å². The molecule has 0 fully saturated rings. The van der Waals surface area contributed by atoms with Crippen LogP contribution < -0.4 is 16.2 Å². The second kappa shape index (κ2) is 3.64. The van der Waals surface area contributed by atoms with Crippen molar-refractivity contribution in [3.05, 3.63) is 17.8 Å². The standard InChI is InChI=1S/C7H6F3N3O2/c8-7(9,10)15-3-1-2-13-5(11)4(3)6(12)14/h1-2H,(H2,11,13)(H2,12,14). The molecule has 0 radical (unpaired) electrons. The first-order chi connectivity index (χ1) is 6.81. The average Bonchev–Trinajstić information content (AvgIpc) is 1.99. The van der Waals surface area contributed by atoms with Crippen LogP contribution in [0.3, 0.4) is 0 Å². The zero-order valence-electron chi connectivity index (χ0n) is 7.21. The number of primary amides is 1. The fraction of sp³-hybridized carbons (Fsp3) is 0.143. The Hall–Kier alpha value is -1.99. The molecular formula is C7H6F3N3O2. The number of nitrogen functional groups attached to an aromatic ring is 1. The Labute approximate surface area is 81.8 Å². The quantitative estimate of drug-likeness (QED) is 0.767. The fourth-order valence-electron chi connectivity index (χ4n) is 0.917. The number of nitrogens with two attached hydrogens (primary N) is 2. The summed E-state index contributed by atoms with van der Waals surface area (Å²) < 4.78 is 39.2. The molecule has 0 aliphatic carbocycles. The van der Waals surface area contributed by atoms with Gasteiger partial charge in [0.2, 0.25) is 0 Å². The molecule has 0 saturated heterocycles. The Balaban J connectivity index is 3.18. The predicted molar refractivity (Wildman–Crippen MR) is 43.9 cm³/mol. The topological polar surface area (TPSA) is 91.2 Å². The van der Waals surface area contributed by atoms with Crippen molar-refractivity contribution in [2.24, 2.45) is 5.73 Å². The molecule has 5 nitrogen and oxygen atoms in total. The second-order valence-corrected chi connectivity index (χ2v) is 2.48. The van der Waals surface area contributed by atoms with Gasteiger partial charge >= 0.3 is 6.36 Å². The maximum Gasteiger partial charge on any atom is 0.573 e. The van der Waals surface area contributed by atoms with Crippen LogP contribution >= 0.6 is 0 Å². The molecule has 0 aromatic carbocycles. The van der Waals surface area contributed by atoms with Gasteiger partial charge in [-0.2, -0.15) is 0 Å². The maximum atomic E-state index is 11.9. The van der Waals surface area contributed by atoms with E-state index in [1.54, 1.807) is 0 Å². The first-order valence-corrected chi connectivity index (χ1v) is 3.61. The number of carbonyl (C=O) groups excluding carboxylic acids is 1. The molecule has 1 heterocycles. The van der Waals surface area contributed by atoms with Crippen LogP contribution in [0.1, 0.15) is 10.4 Å². The van der Waals surface area contributed by atoms with E-state index < -0.39 is 29.4 Å². The maximum absolute atomic E-state index is 11.9. The molecule has 0 saturated carbocycles. The largest absolute Gasteiger partial charge is 0.573 e. The van der Waals surface area contributed by atoms with Crippen molar-refractivity contribution < 1.29 is 22.7 Å². The lowest BCUT2D eigenvalue weighted by atomic mass is 10.2. The van der Waals surface area contributed by atoms with E-state index in [9.17, 15) is 18.0 Å². The molecule has 0 unspecified atom stereocenters. The van der Waals surface area contributed by atoms with Crippen LogP contribution in [0.5, 0.6) is 5.75 Å². The Morgan fingerprint density at radius 1 is 1.47 bits per heavy atom. The monoisotopic (exact) mass is 221 g/mol. The number of aromatic nitrogens is 1. The predicted octanol–water partition coefficient (Wildman–Crippen LogP) is 0.661. The molecule has 0 spiro atoms. The van der Waals surface area contributed by atoms with E-state index in [1.807, 2.05) is 0 Å². The molecule has 0 aliphatic heterocycles. The number of alkyl halides is 3. The van der Waals surface area contributed by atoms with Gasteiger partial charge in [-0.05, 0) is 6.07 Å². The molecule has 4 N–H and O–H groups in total. The molecule has 1 aromatic rings. The van der Waals surface area contributed by atoms with Gasteiger partial charge in [0, 0.05) is 6.20 Å². The van der Waals surface area contributed by atoms with Crippen molar-refractivity contribution in [2.45, 2.75) is 6.36 Å². The molecule has 0 atom stereocenters. The molecular weight excluding hydrogens is 215 g/mol. The van der Waals surface area contributed by atoms with Crippen molar-refractivity contribution >= 4 is 11.7 Å². The number of halogens is 3. The molecule has 1 amide bonds. The Morgan fingerprint density at radius 2 is 2.07 bits per heavy atom. The summed E-state index contributed by atoms with van der Waals surface area (Å²) in [7, 11) is 0. The van der Waals surface area contributed by atoms with E-state index in [4.69, 9.17) is 11.5 Å². The lowest BCUT2D eigenvalue weighted by Crippen LogP contribution is -2.22. The first kappa shape index (κ1) is 11.1. The van der Waals surface area contributed by atoms with Crippen molar-refractivity contribution in [3.8, 4) is 5.75 Å². The van der Waals surface area contributed by atoms with Crippen molar-refractivity contribution in [3.63, 3.8) is 0 Å². The number of ether oxygens (including phenoxy) is 1. The summed E-state index contributed by atoms with van der Waals surface area (Å²) in [6.45, 7) is 0. The van der Waals surface area contributed by atoms with Crippen molar-refractivity contribution in [2.75, 3.05) is 5.73 Å². The minimum Gasteiger partial charge on any atom is -0.405 e. The van der Waals surface area contributed by atoms with E-state index in [0.717, 1.165) is 12.3 Å². The lowest BCUT2D eigenvalue weighted by molar-refractivity contribution is -0.274. The Kier molecular flexibility index (Phi) is 2.69. The number of nitrogens with zero attached hydrogens (tertiary/aromatic N) is 1. The molecule has 15 heavy (non-hydrogen) atoms. The van der Waals surface area contributed by atoms with E-state index in [1.165, 1.54) is 0 Å². The van der Waals surface area contributed by atoms with Gasteiger partial charge in [-0.25, -0.2) is 4.98 Å². The highest BCUT2D eigenvalue weighted by Gasteiger charge is 2.33. The zero-order chi connectivity index (χ0) is 11.6. The Bertz CT molecular complexity index is 392. The van der Waals surface area contributed by atoms with Gasteiger partial charge in [0.1, 0.15) is 17.1 Å². The summed E-state index contributed by atoms with van der Waals surface area (Å²) >= 11 is 0. The molecule has 0 aliphatic rings. The molecule has 1 rings (SSSR count). The van der Waals surface area contributed by atoms with Crippen LogP contribution in [0.25, 0.3) is 0 Å². The van der Waals surface area contributed by atoms with Gasteiger partial charge in [0.25, 0.3) is 5.91 Å². The summed E-state index contributed by atoms with van der Waals surface area (Å²) in [5.74, 6) is -2.31. The third-order valence-electron chi connectivity index (χ3n) is 1.41. The van der Waals surface area contributed by atoms with Crippen molar-refractivity contribution in [1.82, 2.24) is 4.98 Å². The van der Waals surface area contributed by atoms with Gasteiger partial charge in [-0.3, -0.25) is 4.79 Å². The van der Waals surface area contributed by atoms with Gasteiger partial charge in [0.15, 0.2) is 0 Å².